The highest BCUT2D eigenvalue weighted by molar-refractivity contribution is 6.07. The monoisotopic (exact) mass is 328 g/mol. The first-order valence-corrected chi connectivity index (χ1v) is 7.83. The summed E-state index contributed by atoms with van der Waals surface area (Å²) in [6.07, 6.45) is 0. The minimum atomic E-state index is -1.19. The summed E-state index contributed by atoms with van der Waals surface area (Å²) in [6, 6.07) is 22.2. The van der Waals surface area contributed by atoms with Crippen molar-refractivity contribution < 1.29 is 9.90 Å². The van der Waals surface area contributed by atoms with Crippen LogP contribution in [0.25, 0.3) is 21.8 Å². The van der Waals surface area contributed by atoms with Crippen LogP contribution in [0, 0.1) is 0 Å². The van der Waals surface area contributed by atoms with Gasteiger partial charge in [0.1, 0.15) is 0 Å². The van der Waals surface area contributed by atoms with Crippen LogP contribution in [0.4, 0.5) is 11.4 Å². The molecule has 5 nitrogen and oxygen atoms in total. The number of carboxylic acids is 1. The van der Waals surface area contributed by atoms with Crippen LogP contribution in [-0.4, -0.2) is 11.0 Å². The van der Waals surface area contributed by atoms with Gasteiger partial charge in [0.25, 0.3) is 0 Å². The van der Waals surface area contributed by atoms with E-state index in [4.69, 9.17) is 0 Å². The molecule has 0 aliphatic rings. The van der Waals surface area contributed by atoms with Crippen LogP contribution in [-0.2, 0) is 0 Å². The molecule has 3 aromatic carbocycles. The van der Waals surface area contributed by atoms with Crippen LogP contribution < -0.4 is 16.0 Å². The predicted molar refractivity (Wildman–Crippen MR) is 97.3 cm³/mol. The van der Waals surface area contributed by atoms with Gasteiger partial charge in [-0.15, -0.1) is 0 Å². The number of hydrogen-bond donors (Lipinski definition) is 2. The highest BCUT2D eigenvalue weighted by atomic mass is 16.4. The van der Waals surface area contributed by atoms with Crippen molar-refractivity contribution in [3.8, 4) is 0 Å². The van der Waals surface area contributed by atoms with Crippen molar-refractivity contribution in [1.82, 2.24) is 4.98 Å². The number of anilines is 2. The van der Waals surface area contributed by atoms with Gasteiger partial charge in [-0.1, -0.05) is 48.5 Å². The van der Waals surface area contributed by atoms with E-state index in [0.29, 0.717) is 0 Å². The van der Waals surface area contributed by atoms with Gasteiger partial charge < -0.3 is 15.3 Å². The van der Waals surface area contributed by atoms with Crippen LogP contribution in [0.2, 0.25) is 0 Å². The zero-order chi connectivity index (χ0) is 17.2. The quantitative estimate of drug-likeness (QED) is 0.444. The SMILES string of the molecule is O=C([O-])c1ccc(NNc2c3ccccc3nc3ccccc23)cc1. The van der Waals surface area contributed by atoms with Gasteiger partial charge in [-0.25, -0.2) is 4.98 Å². The third kappa shape index (κ3) is 2.83. The zero-order valence-electron chi connectivity index (χ0n) is 13.2. The van der Waals surface area contributed by atoms with E-state index >= 15 is 0 Å². The molecule has 0 bridgehead atoms. The largest absolute Gasteiger partial charge is 0.545 e. The molecule has 0 aliphatic heterocycles. The van der Waals surface area contributed by atoms with Crippen LogP contribution in [0.3, 0.4) is 0 Å². The van der Waals surface area contributed by atoms with Gasteiger partial charge in [0.2, 0.25) is 0 Å². The van der Waals surface area contributed by atoms with Crippen molar-refractivity contribution in [2.45, 2.75) is 0 Å². The number of fused-ring (bicyclic) bond motifs is 2. The number of nitrogens with one attached hydrogen (secondary N) is 2. The topological polar surface area (TPSA) is 77.1 Å². The van der Waals surface area contributed by atoms with E-state index in [2.05, 4.69) is 15.8 Å². The summed E-state index contributed by atoms with van der Waals surface area (Å²) in [5.74, 6) is -1.19. The van der Waals surface area contributed by atoms with Gasteiger partial charge in [-0.3, -0.25) is 5.43 Å². The Morgan fingerprint density at radius 3 is 1.88 bits per heavy atom. The van der Waals surface area contributed by atoms with E-state index in [-0.39, 0.29) is 5.56 Å². The second-order valence-electron chi connectivity index (χ2n) is 5.64. The molecular weight excluding hydrogens is 314 g/mol. The molecule has 0 saturated carbocycles. The first kappa shape index (κ1) is 15.0. The van der Waals surface area contributed by atoms with E-state index in [9.17, 15) is 9.90 Å². The Bertz CT molecular complexity index is 1020. The fourth-order valence-electron chi connectivity index (χ4n) is 2.80. The Hall–Kier alpha value is -3.60. The number of carbonyl (C=O) groups is 1. The second kappa shape index (κ2) is 6.13. The van der Waals surface area contributed by atoms with Crippen molar-refractivity contribution in [3.63, 3.8) is 0 Å². The molecule has 2 N–H and O–H groups in total. The zero-order valence-corrected chi connectivity index (χ0v) is 13.2. The summed E-state index contributed by atoms with van der Waals surface area (Å²) < 4.78 is 0. The molecule has 4 rings (SSSR count). The first-order chi connectivity index (χ1) is 12.2. The maximum atomic E-state index is 10.8. The summed E-state index contributed by atoms with van der Waals surface area (Å²) in [5, 5.41) is 12.8. The van der Waals surface area contributed by atoms with Crippen LogP contribution in [0.5, 0.6) is 0 Å². The van der Waals surface area contributed by atoms with Gasteiger partial charge in [-0.05, 0) is 29.8 Å². The fourth-order valence-corrected chi connectivity index (χ4v) is 2.80. The van der Waals surface area contributed by atoms with Gasteiger partial charge in [0, 0.05) is 10.8 Å². The number of pyridine rings is 1. The van der Waals surface area contributed by atoms with Crippen molar-refractivity contribution in [3.05, 3.63) is 78.4 Å². The molecule has 1 aromatic heterocycles. The highest BCUT2D eigenvalue weighted by Gasteiger charge is 2.08. The normalized spacial score (nSPS) is 10.7. The summed E-state index contributed by atoms with van der Waals surface area (Å²) >= 11 is 0. The molecule has 0 saturated heterocycles. The van der Waals surface area contributed by atoms with Crippen molar-refractivity contribution in [2.24, 2.45) is 0 Å². The van der Waals surface area contributed by atoms with Gasteiger partial charge in [0.05, 0.1) is 28.4 Å². The lowest BCUT2D eigenvalue weighted by molar-refractivity contribution is -0.255. The molecule has 0 amide bonds. The molecule has 0 radical (unpaired) electrons. The summed E-state index contributed by atoms with van der Waals surface area (Å²) in [4.78, 5) is 15.5. The Kier molecular flexibility index (Phi) is 3.67. The average Bonchev–Trinajstić information content (AvgIpc) is 2.65. The number of aromatic carboxylic acids is 1. The lowest BCUT2D eigenvalue weighted by Crippen LogP contribution is -2.22. The van der Waals surface area contributed by atoms with E-state index < -0.39 is 5.97 Å². The number of para-hydroxylation sites is 2. The Morgan fingerprint density at radius 2 is 1.32 bits per heavy atom. The lowest BCUT2D eigenvalue weighted by Gasteiger charge is -2.15. The Balaban J connectivity index is 1.73. The number of nitrogens with zero attached hydrogens (tertiary/aromatic N) is 1. The molecule has 25 heavy (non-hydrogen) atoms. The number of benzene rings is 3. The molecule has 5 heteroatoms. The van der Waals surface area contributed by atoms with Crippen molar-refractivity contribution in [1.29, 1.82) is 0 Å². The Morgan fingerprint density at radius 1 is 0.760 bits per heavy atom. The minimum Gasteiger partial charge on any atom is -0.545 e. The lowest BCUT2D eigenvalue weighted by atomic mass is 10.1. The number of hydrogen-bond acceptors (Lipinski definition) is 5. The standard InChI is InChI=1S/C20H15N3O2/c24-20(25)13-9-11-14(12-10-13)22-23-19-15-5-1-3-7-17(15)21-18-8-4-2-6-16(18)19/h1-12,22H,(H,21,23)(H,24,25)/p-1. The maximum absolute atomic E-state index is 10.8. The van der Waals surface area contributed by atoms with Gasteiger partial charge in [-0.2, -0.15) is 0 Å². The van der Waals surface area contributed by atoms with E-state index in [1.807, 2.05) is 48.5 Å². The smallest absolute Gasteiger partial charge is 0.0731 e. The predicted octanol–water partition coefficient (Wildman–Crippen LogP) is 3.19. The third-order valence-corrected chi connectivity index (χ3v) is 4.04. The molecule has 1 heterocycles. The minimum absolute atomic E-state index is 0.144. The summed E-state index contributed by atoms with van der Waals surface area (Å²) in [7, 11) is 0. The average molecular weight is 328 g/mol. The number of carboxylic acid groups (broad SMARTS) is 1. The molecular formula is C20H14N3O2-. The molecule has 4 aromatic rings. The fraction of sp³-hybridized carbons (Fsp3) is 0. The van der Waals surface area contributed by atoms with Gasteiger partial charge in [0.15, 0.2) is 0 Å². The number of aromatic nitrogens is 1. The van der Waals surface area contributed by atoms with Crippen LogP contribution >= 0.6 is 0 Å². The summed E-state index contributed by atoms with van der Waals surface area (Å²) in [6.45, 7) is 0. The highest BCUT2D eigenvalue weighted by Crippen LogP contribution is 2.30. The third-order valence-electron chi connectivity index (χ3n) is 4.04. The number of carbonyl (C=O) groups excluding carboxylic acids is 1. The number of hydrazine groups is 1. The summed E-state index contributed by atoms with van der Waals surface area (Å²) in [5.41, 5.74) is 9.97. The van der Waals surface area contributed by atoms with Crippen molar-refractivity contribution in [2.75, 3.05) is 10.9 Å². The van der Waals surface area contributed by atoms with Crippen LogP contribution in [0.15, 0.2) is 72.8 Å². The molecule has 0 aliphatic carbocycles. The Labute approximate surface area is 143 Å². The molecule has 0 atom stereocenters. The van der Waals surface area contributed by atoms with Crippen LogP contribution in [0.1, 0.15) is 10.4 Å². The number of rotatable bonds is 4. The second-order valence-corrected chi connectivity index (χ2v) is 5.64. The molecule has 0 fully saturated rings. The van der Waals surface area contributed by atoms with Gasteiger partial charge >= 0.3 is 0 Å². The molecule has 0 spiro atoms. The van der Waals surface area contributed by atoms with E-state index in [1.165, 1.54) is 12.1 Å². The molecule has 0 unspecified atom stereocenters. The first-order valence-electron chi connectivity index (χ1n) is 7.83. The maximum Gasteiger partial charge on any atom is 0.0731 e. The van der Waals surface area contributed by atoms with E-state index in [0.717, 1.165) is 33.2 Å². The molecule has 122 valence electrons. The van der Waals surface area contributed by atoms with Crippen molar-refractivity contribution >= 4 is 39.1 Å². The van der Waals surface area contributed by atoms with E-state index in [1.54, 1.807) is 12.1 Å².